The van der Waals surface area contributed by atoms with Crippen LogP contribution in [-0.2, 0) is 11.8 Å². The Bertz CT molecular complexity index is 1500. The average molecular weight is 745 g/mol. The first kappa shape index (κ1) is 36.7. The number of nitrogen functional groups attached to an aromatic ring is 2. The van der Waals surface area contributed by atoms with Gasteiger partial charge in [0.05, 0.1) is 0 Å². The van der Waals surface area contributed by atoms with Gasteiger partial charge in [0.15, 0.2) is 0 Å². The van der Waals surface area contributed by atoms with Crippen molar-refractivity contribution in [2.45, 2.75) is 122 Å². The van der Waals surface area contributed by atoms with Crippen LogP contribution in [-0.4, -0.2) is 35.5 Å². The second-order valence-corrected chi connectivity index (χ2v) is 13.8. The summed E-state index contributed by atoms with van der Waals surface area (Å²) in [5.41, 5.74) is 6.19. The van der Waals surface area contributed by atoms with Crippen LogP contribution in [0.3, 0.4) is 0 Å². The van der Waals surface area contributed by atoms with E-state index in [4.69, 9.17) is 11.5 Å². The Morgan fingerprint density at radius 3 is 0.700 bits per heavy atom. The summed E-state index contributed by atoms with van der Waals surface area (Å²) in [6.45, 7) is 0. The molecule has 0 amide bonds. The standard InChI is InChI=1S/C32H28F16N2/c33-25(34,17-9-19(13-1-2-13)23(49)20(10-17)14-3-4-14)27(37,38)29(41,42)31(45,46)32(47,48)30(43,44)28(39,40)26(35,36)18-11-21(15-5-6-15)24(50)22(12-18)16-7-8-16/h9-16H,1-8,49-50H2. The van der Waals surface area contributed by atoms with Crippen molar-refractivity contribution in [1.29, 1.82) is 0 Å². The maximum absolute atomic E-state index is 15.3. The van der Waals surface area contributed by atoms with Gasteiger partial charge in [-0.25, -0.2) is 0 Å². The number of benzene rings is 2. The van der Waals surface area contributed by atoms with Crippen LogP contribution in [0, 0.1) is 0 Å². The summed E-state index contributed by atoms with van der Waals surface area (Å²) in [7, 11) is 0. The number of anilines is 2. The monoisotopic (exact) mass is 744 g/mol. The maximum Gasteiger partial charge on any atom is 0.385 e. The van der Waals surface area contributed by atoms with E-state index in [1.165, 1.54) is 0 Å². The predicted octanol–water partition coefficient (Wildman–Crippen LogP) is 11.1. The summed E-state index contributed by atoms with van der Waals surface area (Å²) < 4.78 is 240. The summed E-state index contributed by atoms with van der Waals surface area (Å²) in [5, 5.41) is 0. The SMILES string of the molecule is Nc1c(C2CC2)cc(C(F)(F)C(F)(F)C(F)(F)C(F)(F)C(F)(F)C(F)(F)C(F)(F)C(F)(F)c2cc(C3CC3)c(N)c(C3CC3)c2)cc1C1CC1. The molecular weight excluding hydrogens is 716 g/mol. The van der Waals surface area contributed by atoms with Crippen LogP contribution in [0.15, 0.2) is 24.3 Å². The molecule has 4 aliphatic rings. The van der Waals surface area contributed by atoms with Crippen molar-refractivity contribution in [1.82, 2.24) is 0 Å². The van der Waals surface area contributed by atoms with E-state index in [0.717, 1.165) is 0 Å². The molecule has 0 atom stereocenters. The minimum atomic E-state index is -8.50. The fourth-order valence-corrected chi connectivity index (χ4v) is 6.23. The molecule has 0 unspecified atom stereocenters. The van der Waals surface area contributed by atoms with Gasteiger partial charge >= 0.3 is 47.4 Å². The molecule has 0 spiro atoms. The van der Waals surface area contributed by atoms with Crippen molar-refractivity contribution in [3.63, 3.8) is 0 Å². The summed E-state index contributed by atoms with van der Waals surface area (Å²) in [4.78, 5) is 0. The minimum Gasteiger partial charge on any atom is -0.398 e. The second-order valence-electron chi connectivity index (χ2n) is 13.8. The van der Waals surface area contributed by atoms with E-state index in [2.05, 4.69) is 0 Å². The summed E-state index contributed by atoms with van der Waals surface area (Å²) in [6.07, 6.45) is 2.18. The number of alkyl halides is 16. The van der Waals surface area contributed by atoms with Crippen molar-refractivity contribution in [3.05, 3.63) is 57.6 Å². The third-order valence-electron chi connectivity index (χ3n) is 10.0. The highest BCUT2D eigenvalue weighted by molar-refractivity contribution is 5.62. The highest BCUT2D eigenvalue weighted by atomic mass is 19.4. The van der Waals surface area contributed by atoms with Crippen LogP contribution in [0.4, 0.5) is 81.6 Å². The van der Waals surface area contributed by atoms with E-state index in [1.807, 2.05) is 0 Å². The third kappa shape index (κ3) is 4.98. The molecule has 4 saturated carbocycles. The van der Waals surface area contributed by atoms with Gasteiger partial charge in [-0.2, -0.15) is 70.2 Å². The molecule has 0 aromatic heterocycles. The lowest BCUT2D eigenvalue weighted by molar-refractivity contribution is -0.456. The van der Waals surface area contributed by atoms with E-state index < -0.39 is 82.2 Å². The molecular formula is C32H28F16N2. The number of nitrogens with two attached hydrogens (primary N) is 2. The lowest BCUT2D eigenvalue weighted by Gasteiger charge is -2.44. The zero-order chi connectivity index (χ0) is 37.4. The molecule has 50 heavy (non-hydrogen) atoms. The van der Waals surface area contributed by atoms with Gasteiger partial charge in [-0.15, -0.1) is 0 Å². The Labute approximate surface area is 273 Å². The zero-order valence-corrected chi connectivity index (χ0v) is 25.5. The van der Waals surface area contributed by atoms with Crippen LogP contribution >= 0.6 is 0 Å². The van der Waals surface area contributed by atoms with Gasteiger partial charge in [0.2, 0.25) is 0 Å². The maximum atomic E-state index is 15.3. The molecule has 278 valence electrons. The Morgan fingerprint density at radius 2 is 0.520 bits per heavy atom. The average Bonchev–Trinajstić information content (AvgIpc) is 3.81. The molecule has 6 rings (SSSR count). The van der Waals surface area contributed by atoms with E-state index in [1.54, 1.807) is 0 Å². The smallest absolute Gasteiger partial charge is 0.385 e. The minimum absolute atomic E-state index is 0.168. The predicted molar refractivity (Wildman–Crippen MR) is 147 cm³/mol. The van der Waals surface area contributed by atoms with Gasteiger partial charge in [-0.05, 0) is 122 Å². The molecule has 2 aromatic carbocycles. The molecule has 0 radical (unpaired) electrons. The van der Waals surface area contributed by atoms with E-state index in [0.29, 0.717) is 0 Å². The zero-order valence-electron chi connectivity index (χ0n) is 25.5. The molecule has 2 aromatic rings. The van der Waals surface area contributed by atoms with E-state index >= 15 is 35.1 Å². The van der Waals surface area contributed by atoms with Crippen LogP contribution in [0.25, 0.3) is 0 Å². The van der Waals surface area contributed by atoms with Crippen molar-refractivity contribution >= 4 is 11.4 Å². The first-order valence-electron chi connectivity index (χ1n) is 15.6. The van der Waals surface area contributed by atoms with Gasteiger partial charge < -0.3 is 11.5 Å². The lowest BCUT2D eigenvalue weighted by atomic mass is 9.83. The second kappa shape index (κ2) is 10.7. The van der Waals surface area contributed by atoms with Crippen molar-refractivity contribution in [3.8, 4) is 0 Å². The largest absolute Gasteiger partial charge is 0.398 e. The Hall–Kier alpha value is -3.08. The van der Waals surface area contributed by atoms with Gasteiger partial charge in [-0.1, -0.05) is 0 Å². The van der Waals surface area contributed by atoms with E-state index in [-0.39, 0.29) is 109 Å². The lowest BCUT2D eigenvalue weighted by Crippen LogP contribution is -2.74. The van der Waals surface area contributed by atoms with E-state index in [9.17, 15) is 35.1 Å². The van der Waals surface area contributed by atoms with Crippen LogP contribution in [0.1, 0.15) is 108 Å². The molecule has 0 saturated heterocycles. The topological polar surface area (TPSA) is 52.0 Å². The Balaban J connectivity index is 1.38. The summed E-state index contributed by atoms with van der Waals surface area (Å²) in [6, 6.07) is 0.670. The van der Waals surface area contributed by atoms with Crippen molar-refractivity contribution in [2.75, 3.05) is 11.5 Å². The number of halogens is 16. The van der Waals surface area contributed by atoms with Gasteiger partial charge in [0, 0.05) is 22.5 Å². The first-order chi connectivity index (χ1) is 22.7. The molecule has 18 heteroatoms. The first-order valence-corrected chi connectivity index (χ1v) is 15.6. The van der Waals surface area contributed by atoms with Crippen LogP contribution in [0.2, 0.25) is 0 Å². The number of hydrogen-bond donors (Lipinski definition) is 2. The van der Waals surface area contributed by atoms with Crippen LogP contribution < -0.4 is 11.5 Å². The fourth-order valence-electron chi connectivity index (χ4n) is 6.23. The molecule has 0 bridgehead atoms. The number of rotatable bonds is 13. The normalized spacial score (nSPS) is 20.4. The molecule has 0 aliphatic heterocycles. The molecule has 0 heterocycles. The molecule has 4 aliphatic carbocycles. The van der Waals surface area contributed by atoms with Gasteiger partial charge in [-0.3, -0.25) is 0 Å². The fraction of sp³-hybridized carbons (Fsp3) is 0.625. The quantitative estimate of drug-likeness (QED) is 0.159. The van der Waals surface area contributed by atoms with Crippen LogP contribution in [0.5, 0.6) is 0 Å². The van der Waals surface area contributed by atoms with Gasteiger partial charge in [0.1, 0.15) is 0 Å². The molecule has 2 nitrogen and oxygen atoms in total. The summed E-state index contributed by atoms with van der Waals surface area (Å²) >= 11 is 0. The highest BCUT2D eigenvalue weighted by Crippen LogP contribution is 2.67. The number of hydrogen-bond acceptors (Lipinski definition) is 2. The molecule has 4 N–H and O–H groups in total. The third-order valence-corrected chi connectivity index (χ3v) is 10.0. The molecule has 4 fully saturated rings. The Kier molecular flexibility index (Phi) is 7.88. The Morgan fingerprint density at radius 1 is 0.340 bits per heavy atom. The van der Waals surface area contributed by atoms with Crippen molar-refractivity contribution < 1.29 is 70.2 Å². The highest BCUT2D eigenvalue weighted by Gasteiger charge is 2.95. The summed E-state index contributed by atoms with van der Waals surface area (Å²) in [5.74, 6) is -64.5. The van der Waals surface area contributed by atoms with Gasteiger partial charge in [0.25, 0.3) is 0 Å². The van der Waals surface area contributed by atoms with Crippen molar-refractivity contribution in [2.24, 2.45) is 0 Å².